The van der Waals surface area contributed by atoms with Gasteiger partial charge in [-0.2, -0.15) is 13.2 Å². The van der Waals surface area contributed by atoms with E-state index in [4.69, 9.17) is 5.73 Å². The van der Waals surface area contributed by atoms with Crippen molar-refractivity contribution in [1.82, 2.24) is 0 Å². The minimum Gasteiger partial charge on any atom is -0.398 e. The minimum atomic E-state index is -4.53. The predicted molar refractivity (Wildman–Crippen MR) is 95.8 cm³/mol. The van der Waals surface area contributed by atoms with E-state index in [1.54, 1.807) is 0 Å². The summed E-state index contributed by atoms with van der Waals surface area (Å²) in [7, 11) is 0. The molecule has 0 spiro atoms. The molecule has 0 aliphatic rings. The molecule has 0 aliphatic carbocycles. The Morgan fingerprint density at radius 3 is 2.04 bits per heavy atom. The fourth-order valence-corrected chi connectivity index (χ4v) is 2.73. The minimum absolute atomic E-state index is 0.0971. The molecule has 0 fully saturated rings. The van der Waals surface area contributed by atoms with Crippen molar-refractivity contribution in [3.8, 4) is 11.1 Å². The lowest BCUT2D eigenvalue weighted by atomic mass is 9.98. The predicted octanol–water partition coefficient (Wildman–Crippen LogP) is 5.38. The summed E-state index contributed by atoms with van der Waals surface area (Å²) < 4.78 is 38.2. The van der Waals surface area contributed by atoms with Gasteiger partial charge in [0.15, 0.2) is 5.78 Å². The molecule has 0 radical (unpaired) electrons. The summed E-state index contributed by atoms with van der Waals surface area (Å²) in [5.41, 5.74) is 7.13. The van der Waals surface area contributed by atoms with E-state index in [2.05, 4.69) is 0 Å². The molecule has 2 N–H and O–H groups in total. The molecule has 3 aromatic rings. The Bertz CT molecular complexity index is 916. The molecule has 5 heteroatoms. The van der Waals surface area contributed by atoms with Gasteiger partial charge in [-0.25, -0.2) is 0 Å². The molecule has 3 rings (SSSR count). The Balaban J connectivity index is 1.75. The lowest BCUT2D eigenvalue weighted by Gasteiger charge is -2.11. The van der Waals surface area contributed by atoms with Crippen LogP contribution in [0.1, 0.15) is 21.5 Å². The van der Waals surface area contributed by atoms with Crippen molar-refractivity contribution < 1.29 is 18.0 Å². The number of benzene rings is 3. The van der Waals surface area contributed by atoms with Crippen molar-refractivity contribution in [1.29, 1.82) is 0 Å². The zero-order valence-electron chi connectivity index (χ0n) is 13.8. The van der Waals surface area contributed by atoms with Gasteiger partial charge < -0.3 is 5.73 Å². The van der Waals surface area contributed by atoms with Crippen LogP contribution in [0.25, 0.3) is 11.1 Å². The Kier molecular flexibility index (Phi) is 4.80. The van der Waals surface area contributed by atoms with Crippen molar-refractivity contribution in [2.24, 2.45) is 0 Å². The van der Waals surface area contributed by atoms with Gasteiger partial charge in [0.05, 0.1) is 5.56 Å². The molecule has 0 saturated carbocycles. The fraction of sp³-hybridized carbons (Fsp3) is 0.0952. The zero-order chi connectivity index (χ0) is 18.7. The number of rotatable bonds is 4. The van der Waals surface area contributed by atoms with Crippen LogP contribution in [0.5, 0.6) is 0 Å². The number of hydrogen-bond donors (Lipinski definition) is 1. The van der Waals surface area contributed by atoms with Gasteiger partial charge in [0.25, 0.3) is 0 Å². The number of hydrogen-bond acceptors (Lipinski definition) is 2. The van der Waals surface area contributed by atoms with Crippen LogP contribution in [0.4, 0.5) is 18.9 Å². The summed E-state index contributed by atoms with van der Waals surface area (Å²) in [6, 6.07) is 20.4. The molecule has 0 aromatic heterocycles. The second kappa shape index (κ2) is 7.04. The Morgan fingerprint density at radius 1 is 0.846 bits per heavy atom. The molecule has 0 amide bonds. The van der Waals surface area contributed by atoms with Crippen molar-refractivity contribution in [2.45, 2.75) is 12.6 Å². The number of anilines is 1. The van der Waals surface area contributed by atoms with Crippen LogP contribution in [0.15, 0.2) is 72.8 Å². The van der Waals surface area contributed by atoms with Gasteiger partial charge in [0, 0.05) is 17.7 Å². The number of alkyl halides is 3. The van der Waals surface area contributed by atoms with Crippen molar-refractivity contribution in [3.63, 3.8) is 0 Å². The Morgan fingerprint density at radius 2 is 1.46 bits per heavy atom. The molecule has 26 heavy (non-hydrogen) atoms. The van der Waals surface area contributed by atoms with Crippen LogP contribution in [-0.4, -0.2) is 5.78 Å². The third-order valence-corrected chi connectivity index (χ3v) is 4.10. The van der Waals surface area contributed by atoms with Gasteiger partial charge in [-0.3, -0.25) is 4.79 Å². The van der Waals surface area contributed by atoms with E-state index in [9.17, 15) is 18.0 Å². The van der Waals surface area contributed by atoms with E-state index in [0.29, 0.717) is 0 Å². The number of carbonyl (C=O) groups is 1. The third-order valence-electron chi connectivity index (χ3n) is 4.10. The summed E-state index contributed by atoms with van der Waals surface area (Å²) in [6.45, 7) is 0. The Labute approximate surface area is 149 Å². The standard InChI is InChI=1S/C21H16F3NO/c22-21(23,24)18-11-10-17(13-19(18)25)20(26)12-14-6-8-16(9-7-14)15-4-2-1-3-5-15/h1-11,13H,12,25H2. The number of nitrogens with two attached hydrogens (primary N) is 1. The molecular weight excluding hydrogens is 339 g/mol. The number of carbonyl (C=O) groups excluding carboxylic acids is 1. The van der Waals surface area contributed by atoms with Crippen LogP contribution in [0, 0.1) is 0 Å². The molecule has 0 unspecified atom stereocenters. The first kappa shape index (κ1) is 17.7. The molecule has 0 aliphatic heterocycles. The van der Waals surface area contributed by atoms with E-state index in [1.807, 2.05) is 54.6 Å². The maximum Gasteiger partial charge on any atom is 0.418 e. The van der Waals surface area contributed by atoms with Gasteiger partial charge >= 0.3 is 6.18 Å². The number of halogens is 3. The highest BCUT2D eigenvalue weighted by Crippen LogP contribution is 2.34. The molecule has 0 saturated heterocycles. The lowest BCUT2D eigenvalue weighted by molar-refractivity contribution is -0.136. The van der Waals surface area contributed by atoms with Gasteiger partial charge in [0.2, 0.25) is 0 Å². The second-order valence-electron chi connectivity index (χ2n) is 5.96. The maximum atomic E-state index is 12.7. The van der Waals surface area contributed by atoms with E-state index < -0.39 is 17.4 Å². The normalized spacial score (nSPS) is 11.3. The third kappa shape index (κ3) is 3.94. The van der Waals surface area contributed by atoms with Crippen molar-refractivity contribution >= 4 is 11.5 Å². The molecule has 132 valence electrons. The highest BCUT2D eigenvalue weighted by atomic mass is 19.4. The molecule has 0 heterocycles. The van der Waals surface area contributed by atoms with Gasteiger partial charge in [-0.1, -0.05) is 60.7 Å². The second-order valence-corrected chi connectivity index (χ2v) is 5.96. The Hall–Kier alpha value is -3.08. The summed E-state index contributed by atoms with van der Waals surface area (Å²) in [5.74, 6) is -0.280. The summed E-state index contributed by atoms with van der Waals surface area (Å²) >= 11 is 0. The number of Topliss-reactive ketones (excluding diaryl/α,β-unsaturated/α-hetero) is 1. The topological polar surface area (TPSA) is 43.1 Å². The molecular formula is C21H16F3NO. The molecule has 0 atom stereocenters. The number of nitrogen functional groups attached to an aromatic ring is 1. The molecule has 2 nitrogen and oxygen atoms in total. The highest BCUT2D eigenvalue weighted by molar-refractivity contribution is 5.98. The smallest absolute Gasteiger partial charge is 0.398 e. The first-order chi connectivity index (χ1) is 12.3. The lowest BCUT2D eigenvalue weighted by Crippen LogP contribution is -2.11. The van der Waals surface area contributed by atoms with Gasteiger partial charge in [-0.05, 0) is 28.8 Å². The SMILES string of the molecule is Nc1cc(C(=O)Cc2ccc(-c3ccccc3)cc2)ccc1C(F)(F)F. The quantitative estimate of drug-likeness (QED) is 0.504. The maximum absolute atomic E-state index is 12.7. The van der Waals surface area contributed by atoms with Crippen LogP contribution in [0.2, 0.25) is 0 Å². The molecule has 3 aromatic carbocycles. The van der Waals surface area contributed by atoms with Gasteiger partial charge in [0.1, 0.15) is 0 Å². The van der Waals surface area contributed by atoms with Gasteiger partial charge in [-0.15, -0.1) is 0 Å². The monoisotopic (exact) mass is 355 g/mol. The van der Waals surface area contributed by atoms with E-state index in [0.717, 1.165) is 28.8 Å². The average Bonchev–Trinajstić information content (AvgIpc) is 2.62. The van der Waals surface area contributed by atoms with E-state index in [1.165, 1.54) is 6.07 Å². The highest BCUT2D eigenvalue weighted by Gasteiger charge is 2.33. The van der Waals surface area contributed by atoms with Crippen LogP contribution in [0.3, 0.4) is 0 Å². The summed E-state index contributed by atoms with van der Waals surface area (Å²) in [6.07, 6.45) is -4.43. The van der Waals surface area contributed by atoms with Crippen LogP contribution >= 0.6 is 0 Å². The van der Waals surface area contributed by atoms with Crippen LogP contribution in [-0.2, 0) is 12.6 Å². The van der Waals surface area contributed by atoms with Crippen molar-refractivity contribution in [2.75, 3.05) is 5.73 Å². The number of ketones is 1. The fourth-order valence-electron chi connectivity index (χ4n) is 2.73. The van der Waals surface area contributed by atoms with Crippen LogP contribution < -0.4 is 5.73 Å². The largest absolute Gasteiger partial charge is 0.418 e. The summed E-state index contributed by atoms with van der Waals surface area (Å²) in [4.78, 5) is 12.3. The van der Waals surface area contributed by atoms with E-state index in [-0.39, 0.29) is 17.8 Å². The first-order valence-electron chi connectivity index (χ1n) is 7.99. The first-order valence-corrected chi connectivity index (χ1v) is 7.99. The van der Waals surface area contributed by atoms with Crippen molar-refractivity contribution in [3.05, 3.63) is 89.5 Å². The average molecular weight is 355 g/mol. The zero-order valence-corrected chi connectivity index (χ0v) is 13.8. The molecule has 0 bridgehead atoms. The summed E-state index contributed by atoms with van der Waals surface area (Å²) in [5, 5.41) is 0. The van der Waals surface area contributed by atoms with E-state index >= 15 is 0 Å².